The van der Waals surface area contributed by atoms with Gasteiger partial charge in [0.25, 0.3) is 0 Å². The quantitative estimate of drug-likeness (QED) is 0.860. The number of aliphatic carboxylic acids is 1. The first-order valence-electron chi connectivity index (χ1n) is 4.41. The summed E-state index contributed by atoms with van der Waals surface area (Å²) in [5, 5.41) is 12.6. The van der Waals surface area contributed by atoms with E-state index in [2.05, 4.69) is 5.32 Å². The van der Waals surface area contributed by atoms with Crippen LogP contribution in [0.5, 0.6) is 0 Å². The fourth-order valence-corrected chi connectivity index (χ4v) is 1.49. The number of hydrogen-bond acceptors (Lipinski definition) is 2. The minimum Gasteiger partial charge on any atom is -0.480 e. The summed E-state index contributed by atoms with van der Waals surface area (Å²) in [6.07, 6.45) is 0. The van der Waals surface area contributed by atoms with Crippen molar-refractivity contribution in [2.24, 2.45) is 0 Å². The number of carbonyl (C=O) groups is 1. The molecule has 0 aliphatic rings. The molecule has 0 heterocycles. The van der Waals surface area contributed by atoms with E-state index in [-0.39, 0.29) is 0 Å². The lowest BCUT2D eigenvalue weighted by atomic mass is 10.2. The number of hydrogen-bond donors (Lipinski definition) is 2. The summed E-state index contributed by atoms with van der Waals surface area (Å²) in [5.74, 6) is -0.889. The largest absolute Gasteiger partial charge is 0.480 e. The van der Waals surface area contributed by atoms with Crippen molar-refractivity contribution in [1.82, 2.24) is 5.32 Å². The minimum atomic E-state index is -0.889. The second kappa shape index (κ2) is 5.35. The van der Waals surface area contributed by atoms with Crippen molar-refractivity contribution >= 4 is 29.2 Å². The second-order valence-electron chi connectivity index (χ2n) is 3.18. The van der Waals surface area contributed by atoms with Crippen LogP contribution >= 0.6 is 23.2 Å². The van der Waals surface area contributed by atoms with E-state index in [0.717, 1.165) is 5.56 Å². The molecule has 0 amide bonds. The zero-order chi connectivity index (χ0) is 11.4. The highest BCUT2D eigenvalue weighted by molar-refractivity contribution is 6.35. The van der Waals surface area contributed by atoms with Gasteiger partial charge in [-0.25, -0.2) is 0 Å². The van der Waals surface area contributed by atoms with Gasteiger partial charge in [-0.3, -0.25) is 4.79 Å². The van der Waals surface area contributed by atoms with E-state index >= 15 is 0 Å². The summed E-state index contributed by atoms with van der Waals surface area (Å²) in [7, 11) is 0. The van der Waals surface area contributed by atoms with Crippen LogP contribution in [-0.2, 0) is 11.3 Å². The van der Waals surface area contributed by atoms with Gasteiger partial charge in [-0.1, -0.05) is 29.3 Å². The standard InChI is InChI=1S/C10H11Cl2NO2/c1-6(10(14)15)13-5-7-2-3-8(11)4-9(7)12/h2-4,6,13H,5H2,1H3,(H,14,15)/t6-/m1/s1. The third-order valence-corrected chi connectivity index (χ3v) is 2.57. The van der Waals surface area contributed by atoms with Crippen LogP contribution in [0.3, 0.4) is 0 Å². The summed E-state index contributed by atoms with van der Waals surface area (Å²) in [6, 6.07) is 4.52. The highest BCUT2D eigenvalue weighted by Gasteiger charge is 2.10. The Labute approximate surface area is 98.0 Å². The van der Waals surface area contributed by atoms with Gasteiger partial charge in [-0.15, -0.1) is 0 Å². The topological polar surface area (TPSA) is 49.3 Å². The van der Waals surface area contributed by atoms with Gasteiger partial charge >= 0.3 is 5.97 Å². The molecular formula is C10H11Cl2NO2. The Kier molecular flexibility index (Phi) is 4.39. The molecule has 15 heavy (non-hydrogen) atoms. The van der Waals surface area contributed by atoms with Crippen LogP contribution in [0.25, 0.3) is 0 Å². The van der Waals surface area contributed by atoms with Crippen LogP contribution in [0.15, 0.2) is 18.2 Å². The predicted octanol–water partition coefficient (Wildman–Crippen LogP) is 2.56. The maximum absolute atomic E-state index is 10.5. The van der Waals surface area contributed by atoms with Gasteiger partial charge in [0.1, 0.15) is 6.04 Å². The van der Waals surface area contributed by atoms with E-state index in [1.165, 1.54) is 0 Å². The van der Waals surface area contributed by atoms with Crippen molar-refractivity contribution in [2.45, 2.75) is 19.5 Å². The maximum atomic E-state index is 10.5. The molecule has 5 heteroatoms. The molecule has 1 aromatic rings. The molecule has 1 rings (SSSR count). The first kappa shape index (κ1) is 12.3. The fourth-order valence-electron chi connectivity index (χ4n) is 1.02. The Morgan fingerprint density at radius 1 is 1.53 bits per heavy atom. The van der Waals surface area contributed by atoms with Crippen molar-refractivity contribution in [1.29, 1.82) is 0 Å². The molecule has 0 fully saturated rings. The lowest BCUT2D eigenvalue weighted by molar-refractivity contribution is -0.139. The van der Waals surface area contributed by atoms with Gasteiger partial charge in [0.05, 0.1) is 0 Å². The smallest absolute Gasteiger partial charge is 0.320 e. The van der Waals surface area contributed by atoms with Gasteiger partial charge in [-0.05, 0) is 24.6 Å². The highest BCUT2D eigenvalue weighted by atomic mass is 35.5. The third-order valence-electron chi connectivity index (χ3n) is 1.98. The van der Waals surface area contributed by atoms with Crippen molar-refractivity contribution < 1.29 is 9.90 Å². The molecule has 0 spiro atoms. The summed E-state index contributed by atoms with van der Waals surface area (Å²) < 4.78 is 0. The van der Waals surface area contributed by atoms with E-state index < -0.39 is 12.0 Å². The molecule has 0 saturated carbocycles. The van der Waals surface area contributed by atoms with Crippen LogP contribution in [0.2, 0.25) is 10.0 Å². The summed E-state index contributed by atoms with van der Waals surface area (Å²) >= 11 is 11.7. The fraction of sp³-hybridized carbons (Fsp3) is 0.300. The molecule has 2 N–H and O–H groups in total. The van der Waals surface area contributed by atoms with Crippen molar-refractivity contribution in [2.75, 3.05) is 0 Å². The monoisotopic (exact) mass is 247 g/mol. The van der Waals surface area contributed by atoms with E-state index in [0.29, 0.717) is 16.6 Å². The van der Waals surface area contributed by atoms with Gasteiger partial charge in [0.15, 0.2) is 0 Å². The summed E-state index contributed by atoms with van der Waals surface area (Å²) in [5.41, 5.74) is 0.828. The lowest BCUT2D eigenvalue weighted by Crippen LogP contribution is -2.33. The Morgan fingerprint density at radius 2 is 2.20 bits per heavy atom. The molecule has 0 bridgehead atoms. The molecule has 3 nitrogen and oxygen atoms in total. The van der Waals surface area contributed by atoms with Crippen molar-refractivity contribution in [3.63, 3.8) is 0 Å². The molecule has 0 radical (unpaired) electrons. The Bertz CT molecular complexity index is 368. The Morgan fingerprint density at radius 3 is 2.73 bits per heavy atom. The van der Waals surface area contributed by atoms with Crippen LogP contribution in [0.4, 0.5) is 0 Å². The van der Waals surface area contributed by atoms with Crippen molar-refractivity contribution in [3.8, 4) is 0 Å². The number of nitrogens with one attached hydrogen (secondary N) is 1. The predicted molar refractivity (Wildman–Crippen MR) is 60.4 cm³/mol. The molecular weight excluding hydrogens is 237 g/mol. The molecule has 0 saturated heterocycles. The maximum Gasteiger partial charge on any atom is 0.320 e. The van der Waals surface area contributed by atoms with Gasteiger partial charge in [0.2, 0.25) is 0 Å². The highest BCUT2D eigenvalue weighted by Crippen LogP contribution is 2.20. The zero-order valence-corrected chi connectivity index (χ0v) is 9.64. The van der Waals surface area contributed by atoms with Gasteiger partial charge in [-0.2, -0.15) is 0 Å². The molecule has 1 aromatic carbocycles. The SMILES string of the molecule is C[C@@H](NCc1ccc(Cl)cc1Cl)C(=O)O. The second-order valence-corrected chi connectivity index (χ2v) is 4.02. The average Bonchev–Trinajstić information content (AvgIpc) is 2.15. The number of benzene rings is 1. The lowest BCUT2D eigenvalue weighted by Gasteiger charge is -2.10. The molecule has 1 atom stereocenters. The Hall–Kier alpha value is -0.770. The van der Waals surface area contributed by atoms with Crippen LogP contribution < -0.4 is 5.32 Å². The minimum absolute atomic E-state index is 0.406. The normalized spacial score (nSPS) is 12.5. The van der Waals surface area contributed by atoms with Gasteiger partial charge < -0.3 is 10.4 Å². The average molecular weight is 248 g/mol. The van der Waals surface area contributed by atoms with Crippen LogP contribution in [0, 0.1) is 0 Å². The first-order chi connectivity index (χ1) is 7.00. The van der Waals surface area contributed by atoms with E-state index in [4.69, 9.17) is 28.3 Å². The number of carboxylic acid groups (broad SMARTS) is 1. The van der Waals surface area contributed by atoms with Crippen LogP contribution in [-0.4, -0.2) is 17.1 Å². The first-order valence-corrected chi connectivity index (χ1v) is 5.16. The Balaban J connectivity index is 2.62. The number of carboxylic acids is 1. The summed E-state index contributed by atoms with van der Waals surface area (Å²) in [4.78, 5) is 10.5. The van der Waals surface area contributed by atoms with E-state index in [1.54, 1.807) is 25.1 Å². The van der Waals surface area contributed by atoms with Gasteiger partial charge in [0, 0.05) is 16.6 Å². The number of halogens is 2. The molecule has 0 aliphatic carbocycles. The number of rotatable bonds is 4. The van der Waals surface area contributed by atoms with Crippen LogP contribution in [0.1, 0.15) is 12.5 Å². The molecule has 0 unspecified atom stereocenters. The van der Waals surface area contributed by atoms with E-state index in [1.807, 2.05) is 0 Å². The molecule has 0 aliphatic heterocycles. The van der Waals surface area contributed by atoms with E-state index in [9.17, 15) is 4.79 Å². The summed E-state index contributed by atoms with van der Waals surface area (Å²) in [6.45, 7) is 1.98. The van der Waals surface area contributed by atoms with Crippen molar-refractivity contribution in [3.05, 3.63) is 33.8 Å². The molecule has 82 valence electrons. The third kappa shape index (κ3) is 3.70. The zero-order valence-electron chi connectivity index (χ0n) is 8.13. The molecule has 0 aromatic heterocycles.